The number of aryl methyl sites for hydroxylation is 1. The van der Waals surface area contributed by atoms with Crippen molar-refractivity contribution in [2.75, 3.05) is 6.54 Å². The minimum absolute atomic E-state index is 0.0217. The summed E-state index contributed by atoms with van der Waals surface area (Å²) in [5, 5.41) is 0.439. The van der Waals surface area contributed by atoms with Crippen LogP contribution in [0.4, 0.5) is 0 Å². The Hall–Kier alpha value is -1.82. The number of sulfonamides is 1. The highest BCUT2D eigenvalue weighted by molar-refractivity contribution is 7.89. The van der Waals surface area contributed by atoms with Crippen LogP contribution in [0.1, 0.15) is 15.9 Å². The Morgan fingerprint density at radius 1 is 1.17 bits per heavy atom. The van der Waals surface area contributed by atoms with Gasteiger partial charge in [0, 0.05) is 5.02 Å². The molecule has 0 atom stereocenters. The van der Waals surface area contributed by atoms with Gasteiger partial charge in [-0.15, -0.1) is 6.58 Å². The van der Waals surface area contributed by atoms with Crippen LogP contribution in [0.5, 0.6) is 0 Å². The summed E-state index contributed by atoms with van der Waals surface area (Å²) in [6, 6.07) is 10.5. The summed E-state index contributed by atoms with van der Waals surface area (Å²) < 4.78 is 26.4. The maximum Gasteiger partial charge on any atom is 0.269 e. The van der Waals surface area contributed by atoms with Crippen LogP contribution in [0.15, 0.2) is 60.0 Å². The van der Waals surface area contributed by atoms with Crippen molar-refractivity contribution in [3.05, 3.63) is 76.3 Å². The average molecular weight is 384 g/mol. The van der Waals surface area contributed by atoms with Gasteiger partial charge in [-0.25, -0.2) is 12.7 Å². The molecule has 0 N–H and O–H groups in total. The third-order valence-electron chi connectivity index (χ3n) is 3.29. The van der Waals surface area contributed by atoms with E-state index in [4.69, 9.17) is 23.2 Å². The summed E-state index contributed by atoms with van der Waals surface area (Å²) in [6.45, 7) is 5.19. The SMILES string of the molecule is C=CCN(C(=O)c1ccc(Cl)cc1Cl)S(=O)(=O)c1ccc(C)cc1. The number of hydrogen-bond acceptors (Lipinski definition) is 3. The lowest BCUT2D eigenvalue weighted by molar-refractivity contribution is 0.0871. The molecule has 0 unspecified atom stereocenters. The molecule has 24 heavy (non-hydrogen) atoms. The molecule has 0 heterocycles. The van der Waals surface area contributed by atoms with Crippen LogP contribution in [-0.4, -0.2) is 25.2 Å². The first-order chi connectivity index (χ1) is 11.3. The number of carbonyl (C=O) groups is 1. The van der Waals surface area contributed by atoms with Crippen LogP contribution < -0.4 is 0 Å². The second kappa shape index (κ2) is 7.38. The van der Waals surface area contributed by atoms with Gasteiger partial charge in [-0.05, 0) is 37.3 Å². The van der Waals surface area contributed by atoms with E-state index in [9.17, 15) is 13.2 Å². The first-order valence-electron chi connectivity index (χ1n) is 6.97. The van der Waals surface area contributed by atoms with E-state index in [1.165, 1.54) is 36.4 Å². The second-order valence-corrected chi connectivity index (χ2v) is 7.77. The minimum Gasteiger partial charge on any atom is -0.268 e. The highest BCUT2D eigenvalue weighted by atomic mass is 35.5. The zero-order chi connectivity index (χ0) is 17.9. The molecule has 7 heteroatoms. The monoisotopic (exact) mass is 383 g/mol. The average Bonchev–Trinajstić information content (AvgIpc) is 2.52. The van der Waals surface area contributed by atoms with Crippen molar-refractivity contribution in [2.45, 2.75) is 11.8 Å². The van der Waals surface area contributed by atoms with E-state index >= 15 is 0 Å². The molecule has 2 aromatic carbocycles. The quantitative estimate of drug-likeness (QED) is 0.722. The van der Waals surface area contributed by atoms with Gasteiger partial charge in [0.25, 0.3) is 15.9 Å². The first kappa shape index (κ1) is 18.5. The molecular formula is C17H15Cl2NO3S. The van der Waals surface area contributed by atoms with Gasteiger partial charge in [0.2, 0.25) is 0 Å². The van der Waals surface area contributed by atoms with E-state index in [0.717, 1.165) is 9.87 Å². The highest BCUT2D eigenvalue weighted by Gasteiger charge is 2.30. The maximum atomic E-state index is 12.8. The third-order valence-corrected chi connectivity index (χ3v) is 5.60. The lowest BCUT2D eigenvalue weighted by Crippen LogP contribution is -2.37. The van der Waals surface area contributed by atoms with E-state index in [1.807, 2.05) is 6.92 Å². The first-order valence-corrected chi connectivity index (χ1v) is 9.16. The number of carbonyl (C=O) groups excluding carboxylic acids is 1. The highest BCUT2D eigenvalue weighted by Crippen LogP contribution is 2.25. The molecule has 2 rings (SSSR count). The molecule has 0 saturated heterocycles. The Bertz CT molecular complexity index is 877. The normalized spacial score (nSPS) is 11.1. The molecule has 0 aliphatic rings. The molecule has 0 bridgehead atoms. The van der Waals surface area contributed by atoms with E-state index in [1.54, 1.807) is 12.1 Å². The summed E-state index contributed by atoms with van der Waals surface area (Å²) in [5.41, 5.74) is 0.967. The number of amides is 1. The van der Waals surface area contributed by atoms with Gasteiger partial charge in [0.05, 0.1) is 22.0 Å². The van der Waals surface area contributed by atoms with Crippen LogP contribution in [0.3, 0.4) is 0 Å². The van der Waals surface area contributed by atoms with Crippen molar-refractivity contribution in [3.8, 4) is 0 Å². The topological polar surface area (TPSA) is 54.5 Å². The molecule has 0 saturated carbocycles. The summed E-state index contributed by atoms with van der Waals surface area (Å²) in [5.74, 6) is -0.739. The van der Waals surface area contributed by atoms with Gasteiger partial charge in [-0.1, -0.05) is 47.0 Å². The number of rotatable bonds is 5. The van der Waals surface area contributed by atoms with Gasteiger partial charge >= 0.3 is 0 Å². The lowest BCUT2D eigenvalue weighted by atomic mass is 10.2. The van der Waals surface area contributed by atoms with Crippen molar-refractivity contribution in [1.82, 2.24) is 4.31 Å². The number of benzene rings is 2. The molecule has 0 aliphatic carbocycles. The third kappa shape index (κ3) is 3.80. The zero-order valence-corrected chi connectivity index (χ0v) is 15.2. The molecule has 2 aromatic rings. The molecule has 126 valence electrons. The molecule has 0 aliphatic heterocycles. The number of halogens is 2. The fourth-order valence-electron chi connectivity index (χ4n) is 2.04. The molecule has 0 fully saturated rings. The van der Waals surface area contributed by atoms with Gasteiger partial charge < -0.3 is 0 Å². The summed E-state index contributed by atoms with van der Waals surface area (Å²) in [4.78, 5) is 12.7. The van der Waals surface area contributed by atoms with Gasteiger partial charge in [-0.2, -0.15) is 0 Å². The van der Waals surface area contributed by atoms with Crippen molar-refractivity contribution < 1.29 is 13.2 Å². The van der Waals surface area contributed by atoms with Gasteiger partial charge in [0.15, 0.2) is 0 Å². The fourth-order valence-corrected chi connectivity index (χ4v) is 3.88. The molecule has 0 spiro atoms. The van der Waals surface area contributed by atoms with E-state index < -0.39 is 15.9 Å². The minimum atomic E-state index is -4.03. The summed E-state index contributed by atoms with van der Waals surface area (Å²) in [6.07, 6.45) is 1.34. The van der Waals surface area contributed by atoms with Crippen molar-refractivity contribution >= 4 is 39.1 Å². The van der Waals surface area contributed by atoms with Crippen molar-refractivity contribution in [2.24, 2.45) is 0 Å². The van der Waals surface area contributed by atoms with Crippen LogP contribution in [-0.2, 0) is 10.0 Å². The predicted octanol–water partition coefficient (Wildman–Crippen LogP) is 4.32. The van der Waals surface area contributed by atoms with Crippen LogP contribution in [0.2, 0.25) is 10.0 Å². The second-order valence-electron chi connectivity index (χ2n) is 5.07. The number of hydrogen-bond donors (Lipinski definition) is 0. The Kier molecular flexibility index (Phi) is 5.70. The standard InChI is InChI=1S/C17H15Cl2NO3S/c1-3-10-20(17(21)15-9-6-13(18)11-16(15)19)24(22,23)14-7-4-12(2)5-8-14/h3-9,11H,1,10H2,2H3. The van der Waals surface area contributed by atoms with Crippen LogP contribution in [0.25, 0.3) is 0 Å². The van der Waals surface area contributed by atoms with E-state index in [-0.39, 0.29) is 22.0 Å². The van der Waals surface area contributed by atoms with Crippen LogP contribution in [0, 0.1) is 6.92 Å². The van der Waals surface area contributed by atoms with E-state index in [0.29, 0.717) is 5.02 Å². The molecule has 0 radical (unpaired) electrons. The molecular weight excluding hydrogens is 369 g/mol. The van der Waals surface area contributed by atoms with Crippen molar-refractivity contribution in [1.29, 1.82) is 0 Å². The fraction of sp³-hybridized carbons (Fsp3) is 0.118. The zero-order valence-electron chi connectivity index (χ0n) is 12.9. The van der Waals surface area contributed by atoms with E-state index in [2.05, 4.69) is 6.58 Å². The molecule has 0 aromatic heterocycles. The van der Waals surface area contributed by atoms with Crippen LogP contribution >= 0.6 is 23.2 Å². The Morgan fingerprint density at radius 3 is 2.33 bits per heavy atom. The number of nitrogens with zero attached hydrogens (tertiary/aromatic N) is 1. The van der Waals surface area contributed by atoms with Crippen molar-refractivity contribution in [3.63, 3.8) is 0 Å². The Labute approximate surface area is 151 Å². The molecule has 1 amide bonds. The summed E-state index contributed by atoms with van der Waals surface area (Å²) >= 11 is 11.9. The van der Waals surface area contributed by atoms with Gasteiger partial charge in [-0.3, -0.25) is 4.79 Å². The Morgan fingerprint density at radius 2 is 1.79 bits per heavy atom. The maximum absolute atomic E-state index is 12.8. The van der Waals surface area contributed by atoms with Gasteiger partial charge in [0.1, 0.15) is 0 Å². The summed E-state index contributed by atoms with van der Waals surface area (Å²) in [7, 11) is -4.03. The molecule has 4 nitrogen and oxygen atoms in total. The largest absolute Gasteiger partial charge is 0.269 e. The predicted molar refractivity (Wildman–Crippen MR) is 96.1 cm³/mol. The smallest absolute Gasteiger partial charge is 0.268 e. The Balaban J connectivity index is 2.50. The lowest BCUT2D eigenvalue weighted by Gasteiger charge is -2.21.